The molecule has 0 radical (unpaired) electrons. The van der Waals surface area contributed by atoms with E-state index in [0.717, 1.165) is 45.2 Å². The van der Waals surface area contributed by atoms with E-state index >= 15 is 0 Å². The van der Waals surface area contributed by atoms with E-state index in [4.69, 9.17) is 4.74 Å². The molecule has 1 saturated carbocycles. The summed E-state index contributed by atoms with van der Waals surface area (Å²) in [5, 5.41) is 0. The van der Waals surface area contributed by atoms with Crippen LogP contribution in [-0.4, -0.2) is 42.9 Å². The third kappa shape index (κ3) is 4.55. The van der Waals surface area contributed by atoms with E-state index in [0.29, 0.717) is 24.9 Å². The maximum absolute atomic E-state index is 12.4. The molecule has 22 heavy (non-hydrogen) atoms. The first-order valence-corrected chi connectivity index (χ1v) is 8.89. The molecular formula is C18H31NO3. The van der Waals surface area contributed by atoms with Crippen molar-refractivity contribution in [1.29, 1.82) is 0 Å². The van der Waals surface area contributed by atoms with Crippen LogP contribution in [0, 0.1) is 23.7 Å². The number of hydrogen-bond acceptors (Lipinski definition) is 3. The number of carbonyl (C=O) groups is 2. The Morgan fingerprint density at radius 1 is 1.05 bits per heavy atom. The van der Waals surface area contributed by atoms with Gasteiger partial charge in [0, 0.05) is 30.8 Å². The first kappa shape index (κ1) is 17.5. The molecule has 1 saturated heterocycles. The Bertz CT molecular complexity index is 380. The van der Waals surface area contributed by atoms with E-state index in [9.17, 15) is 9.59 Å². The van der Waals surface area contributed by atoms with Crippen LogP contribution in [0.15, 0.2) is 0 Å². The van der Waals surface area contributed by atoms with Gasteiger partial charge in [-0.3, -0.25) is 9.59 Å². The monoisotopic (exact) mass is 309 g/mol. The Morgan fingerprint density at radius 2 is 1.64 bits per heavy atom. The molecule has 2 rings (SSSR count). The molecule has 1 atom stereocenters. The van der Waals surface area contributed by atoms with Gasteiger partial charge < -0.3 is 9.64 Å². The van der Waals surface area contributed by atoms with Gasteiger partial charge in [-0.15, -0.1) is 0 Å². The van der Waals surface area contributed by atoms with E-state index in [2.05, 4.69) is 6.92 Å². The molecule has 1 amide bonds. The number of ether oxygens (including phenoxy) is 1. The zero-order valence-electron chi connectivity index (χ0n) is 14.3. The molecular weight excluding hydrogens is 278 g/mol. The highest BCUT2D eigenvalue weighted by atomic mass is 16.5. The van der Waals surface area contributed by atoms with Gasteiger partial charge in [0.05, 0.1) is 13.2 Å². The van der Waals surface area contributed by atoms with Crippen molar-refractivity contribution in [3.05, 3.63) is 0 Å². The molecule has 0 aromatic carbocycles. The highest BCUT2D eigenvalue weighted by Gasteiger charge is 2.30. The van der Waals surface area contributed by atoms with Crippen LogP contribution in [0.5, 0.6) is 0 Å². The minimum atomic E-state index is 0.0976. The van der Waals surface area contributed by atoms with E-state index in [1.807, 2.05) is 18.7 Å². The fourth-order valence-electron chi connectivity index (χ4n) is 3.85. The topological polar surface area (TPSA) is 46.6 Å². The molecule has 0 bridgehead atoms. The predicted molar refractivity (Wildman–Crippen MR) is 86.5 cm³/mol. The van der Waals surface area contributed by atoms with Crippen molar-refractivity contribution in [2.75, 3.05) is 26.3 Å². The summed E-state index contributed by atoms with van der Waals surface area (Å²) < 4.78 is 5.31. The third-order valence-electron chi connectivity index (χ3n) is 5.25. The first-order chi connectivity index (χ1) is 10.5. The molecule has 1 aliphatic heterocycles. The average molecular weight is 309 g/mol. The van der Waals surface area contributed by atoms with Crippen molar-refractivity contribution in [3.63, 3.8) is 0 Å². The van der Waals surface area contributed by atoms with E-state index < -0.39 is 0 Å². The molecule has 1 unspecified atom stereocenters. The smallest absolute Gasteiger partial charge is 0.225 e. The summed E-state index contributed by atoms with van der Waals surface area (Å²) in [7, 11) is 0. The number of rotatable bonds is 5. The van der Waals surface area contributed by atoms with Crippen LogP contribution in [0.4, 0.5) is 0 Å². The highest BCUT2D eigenvalue weighted by molar-refractivity contribution is 5.82. The number of hydrogen-bond donors (Lipinski definition) is 0. The van der Waals surface area contributed by atoms with Crippen LogP contribution in [0.3, 0.4) is 0 Å². The van der Waals surface area contributed by atoms with E-state index in [1.165, 1.54) is 0 Å². The lowest BCUT2D eigenvalue weighted by Crippen LogP contribution is -2.43. The molecule has 0 aromatic rings. The SMILES string of the molecule is CC(C)C(=O)C1CCC(CC(C)C(=O)N2CCOCC2)CC1. The molecule has 0 N–H and O–H groups in total. The average Bonchev–Trinajstić information content (AvgIpc) is 2.54. The summed E-state index contributed by atoms with van der Waals surface area (Å²) in [6.45, 7) is 8.86. The van der Waals surface area contributed by atoms with Gasteiger partial charge in [-0.05, 0) is 38.0 Å². The zero-order chi connectivity index (χ0) is 16.1. The van der Waals surface area contributed by atoms with Crippen LogP contribution in [-0.2, 0) is 14.3 Å². The molecule has 0 spiro atoms. The van der Waals surface area contributed by atoms with Crippen molar-refractivity contribution in [1.82, 2.24) is 4.90 Å². The highest BCUT2D eigenvalue weighted by Crippen LogP contribution is 2.34. The lowest BCUT2D eigenvalue weighted by Gasteiger charge is -2.33. The van der Waals surface area contributed by atoms with Crippen molar-refractivity contribution >= 4 is 11.7 Å². The number of nitrogens with zero attached hydrogens (tertiary/aromatic N) is 1. The molecule has 4 heteroatoms. The van der Waals surface area contributed by atoms with Gasteiger partial charge in [-0.1, -0.05) is 20.8 Å². The zero-order valence-corrected chi connectivity index (χ0v) is 14.3. The number of carbonyl (C=O) groups excluding carboxylic acids is 2. The lowest BCUT2D eigenvalue weighted by atomic mass is 9.75. The van der Waals surface area contributed by atoms with Crippen LogP contribution < -0.4 is 0 Å². The van der Waals surface area contributed by atoms with Crippen LogP contribution in [0.2, 0.25) is 0 Å². The van der Waals surface area contributed by atoms with E-state index in [1.54, 1.807) is 0 Å². The summed E-state index contributed by atoms with van der Waals surface area (Å²) in [6.07, 6.45) is 5.20. The molecule has 2 fully saturated rings. The van der Waals surface area contributed by atoms with Crippen molar-refractivity contribution < 1.29 is 14.3 Å². The Hall–Kier alpha value is -0.900. The second-order valence-electron chi connectivity index (χ2n) is 7.35. The Balaban J connectivity index is 1.75. The van der Waals surface area contributed by atoms with Gasteiger partial charge in [0.25, 0.3) is 0 Å². The maximum Gasteiger partial charge on any atom is 0.225 e. The molecule has 1 aliphatic carbocycles. The van der Waals surface area contributed by atoms with Gasteiger partial charge >= 0.3 is 0 Å². The number of ketones is 1. The standard InChI is InChI=1S/C18H31NO3/c1-13(2)17(20)16-6-4-15(5-7-16)12-14(3)18(21)19-8-10-22-11-9-19/h13-16H,4-12H2,1-3H3. The number of morpholine rings is 1. The minimum absolute atomic E-state index is 0.0976. The Labute approximate surface area is 134 Å². The molecule has 2 aliphatic rings. The molecule has 1 heterocycles. The van der Waals surface area contributed by atoms with Crippen molar-refractivity contribution in [2.24, 2.45) is 23.7 Å². The fraction of sp³-hybridized carbons (Fsp3) is 0.889. The lowest BCUT2D eigenvalue weighted by molar-refractivity contribution is -0.140. The number of amides is 1. The van der Waals surface area contributed by atoms with Crippen LogP contribution in [0.25, 0.3) is 0 Å². The maximum atomic E-state index is 12.4. The molecule has 126 valence electrons. The third-order valence-corrected chi connectivity index (χ3v) is 5.25. The van der Waals surface area contributed by atoms with Gasteiger partial charge in [0.2, 0.25) is 5.91 Å². The predicted octanol–water partition coefficient (Wildman–Crippen LogP) is 2.90. The normalized spacial score (nSPS) is 27.7. The van der Waals surface area contributed by atoms with Gasteiger partial charge in [0.1, 0.15) is 5.78 Å². The molecule has 0 aromatic heterocycles. The van der Waals surface area contributed by atoms with Crippen LogP contribution in [0.1, 0.15) is 52.9 Å². The summed E-state index contributed by atoms with van der Waals surface area (Å²) >= 11 is 0. The second-order valence-corrected chi connectivity index (χ2v) is 7.35. The van der Waals surface area contributed by atoms with Crippen molar-refractivity contribution in [3.8, 4) is 0 Å². The van der Waals surface area contributed by atoms with Gasteiger partial charge in [-0.2, -0.15) is 0 Å². The second kappa shape index (κ2) is 8.09. The minimum Gasteiger partial charge on any atom is -0.378 e. The Kier molecular flexibility index (Phi) is 6.42. The Morgan fingerprint density at radius 3 is 2.18 bits per heavy atom. The van der Waals surface area contributed by atoms with E-state index in [-0.39, 0.29) is 23.7 Å². The fourth-order valence-corrected chi connectivity index (χ4v) is 3.85. The first-order valence-electron chi connectivity index (χ1n) is 8.89. The van der Waals surface area contributed by atoms with Gasteiger partial charge in [-0.25, -0.2) is 0 Å². The summed E-state index contributed by atoms with van der Waals surface area (Å²) in [6, 6.07) is 0. The van der Waals surface area contributed by atoms with Crippen LogP contribution >= 0.6 is 0 Å². The van der Waals surface area contributed by atoms with Gasteiger partial charge in [0.15, 0.2) is 0 Å². The number of Topliss-reactive ketones (excluding diaryl/α,β-unsaturated/α-hetero) is 1. The quantitative estimate of drug-likeness (QED) is 0.784. The van der Waals surface area contributed by atoms with Crippen molar-refractivity contribution in [2.45, 2.75) is 52.9 Å². The largest absolute Gasteiger partial charge is 0.378 e. The molecule has 4 nitrogen and oxygen atoms in total. The summed E-state index contributed by atoms with van der Waals surface area (Å²) in [4.78, 5) is 26.5. The summed E-state index contributed by atoms with van der Waals surface area (Å²) in [5.41, 5.74) is 0. The summed E-state index contributed by atoms with van der Waals surface area (Å²) in [5.74, 6) is 1.83.